The first-order valence-corrected chi connectivity index (χ1v) is 26.4. The number of benzene rings is 2. The molecule has 2 saturated heterocycles. The second-order valence-electron chi connectivity index (χ2n) is 16.9. The number of sulfone groups is 2. The van der Waals surface area contributed by atoms with Crippen LogP contribution in [0.4, 0.5) is 58.1 Å². The quantitative estimate of drug-likeness (QED) is 0.0679. The van der Waals surface area contributed by atoms with Crippen molar-refractivity contribution in [2.24, 2.45) is 11.8 Å². The van der Waals surface area contributed by atoms with E-state index in [4.69, 9.17) is 0 Å². The molecule has 2 aromatic carbocycles. The van der Waals surface area contributed by atoms with Gasteiger partial charge in [0.2, 0.25) is 0 Å². The Bertz CT molecular complexity index is 2510. The van der Waals surface area contributed by atoms with Crippen molar-refractivity contribution in [1.82, 2.24) is 9.97 Å². The minimum absolute atomic E-state index is 0.0203. The van der Waals surface area contributed by atoms with Gasteiger partial charge in [-0.25, -0.2) is 35.6 Å². The van der Waals surface area contributed by atoms with Crippen molar-refractivity contribution in [3.8, 4) is 0 Å². The third kappa shape index (κ3) is 11.8. The number of thioether (sulfide) groups is 2. The highest BCUT2D eigenvalue weighted by molar-refractivity contribution is 7.99. The Kier molecular flexibility index (Phi) is 15.2. The summed E-state index contributed by atoms with van der Waals surface area (Å²) in [6, 6.07) is 6.19. The lowest BCUT2D eigenvalue weighted by atomic mass is 10.0. The number of hydrogen-bond donors (Lipinski definition) is 0. The van der Waals surface area contributed by atoms with Crippen LogP contribution in [0.5, 0.6) is 0 Å². The van der Waals surface area contributed by atoms with Gasteiger partial charge in [-0.15, -0.1) is 23.5 Å². The second kappa shape index (κ2) is 19.7. The first-order valence-electron chi connectivity index (χ1n) is 20.6. The molecule has 0 spiro atoms. The molecule has 2 aromatic heterocycles. The number of rotatable bonds is 14. The zero-order valence-electron chi connectivity index (χ0n) is 36.7. The summed E-state index contributed by atoms with van der Waals surface area (Å²) in [6.45, 7) is 8.59. The van der Waals surface area contributed by atoms with Gasteiger partial charge >= 0.3 is 12.4 Å². The molecular weight excluding hydrogens is 961 g/mol. The maximum atomic E-state index is 15.4. The van der Waals surface area contributed by atoms with Gasteiger partial charge in [-0.1, -0.05) is 27.7 Å². The number of aromatic nitrogens is 2. The van der Waals surface area contributed by atoms with E-state index in [0.717, 1.165) is 12.5 Å². The predicted molar refractivity (Wildman–Crippen MR) is 241 cm³/mol. The van der Waals surface area contributed by atoms with Crippen LogP contribution in [-0.2, 0) is 32.0 Å². The normalized spacial score (nSPS) is 15.6. The van der Waals surface area contributed by atoms with Crippen molar-refractivity contribution in [1.29, 1.82) is 0 Å². The Morgan fingerprint density at radius 1 is 0.576 bits per heavy atom. The van der Waals surface area contributed by atoms with E-state index in [1.807, 2.05) is 37.5 Å². The molecule has 0 saturated carbocycles. The van der Waals surface area contributed by atoms with E-state index >= 15 is 13.6 Å². The fourth-order valence-corrected chi connectivity index (χ4v) is 10.9. The molecule has 0 amide bonds. The van der Waals surface area contributed by atoms with Crippen LogP contribution in [0.2, 0.25) is 0 Å². The zero-order valence-corrected chi connectivity index (χ0v) is 40.0. The zero-order chi connectivity index (χ0) is 48.7. The van der Waals surface area contributed by atoms with E-state index in [9.17, 15) is 43.2 Å². The van der Waals surface area contributed by atoms with E-state index in [1.165, 1.54) is 57.6 Å². The van der Waals surface area contributed by atoms with Crippen molar-refractivity contribution in [3.63, 3.8) is 0 Å². The summed E-state index contributed by atoms with van der Waals surface area (Å²) in [5, 5.41) is 0. The summed E-state index contributed by atoms with van der Waals surface area (Å²) < 4.78 is 163. The number of ketones is 1. The molecule has 66 heavy (non-hydrogen) atoms. The van der Waals surface area contributed by atoms with Crippen LogP contribution >= 0.6 is 23.5 Å². The van der Waals surface area contributed by atoms with Gasteiger partial charge in [0.15, 0.2) is 48.7 Å². The molecule has 2 aliphatic rings. The van der Waals surface area contributed by atoms with Crippen LogP contribution in [0.3, 0.4) is 0 Å². The van der Waals surface area contributed by atoms with Gasteiger partial charge in [0.25, 0.3) is 0 Å². The number of pyridine rings is 2. The summed E-state index contributed by atoms with van der Waals surface area (Å²) >= 11 is 2.60. The van der Waals surface area contributed by atoms with Crippen molar-refractivity contribution in [3.05, 3.63) is 82.7 Å². The van der Waals surface area contributed by atoms with Crippen LogP contribution in [-0.4, -0.2) is 109 Å². The minimum Gasteiger partial charge on any atom is -0.367 e. The maximum absolute atomic E-state index is 15.4. The van der Waals surface area contributed by atoms with Gasteiger partial charge in [0, 0.05) is 110 Å². The third-order valence-corrected chi connectivity index (χ3v) is 16.0. The number of alkyl halides is 6. The SMILES string of the molecule is CC(C)CSc1c(C(=O)c2cc(S(C)(=O)=O)cc(N3CCN(c4ncc(C(F)(F)F)cc4F)CC3)c2SCC(C)C)cc(S(C)(=O)=O)cc1N1CCN(c2ncc(C(F)(F)F)cc2F)CC1. The van der Waals surface area contributed by atoms with Gasteiger partial charge in [-0.2, -0.15) is 26.3 Å². The molecule has 23 heteroatoms. The Hall–Kier alpha value is -4.35. The minimum atomic E-state index is -4.80. The van der Waals surface area contributed by atoms with Gasteiger partial charge in [0.05, 0.1) is 32.3 Å². The highest BCUT2D eigenvalue weighted by Crippen LogP contribution is 2.44. The lowest BCUT2D eigenvalue weighted by molar-refractivity contribution is -0.138. The maximum Gasteiger partial charge on any atom is 0.417 e. The molecule has 0 aliphatic carbocycles. The van der Waals surface area contributed by atoms with Crippen molar-refractivity contribution in [2.45, 2.75) is 59.6 Å². The largest absolute Gasteiger partial charge is 0.417 e. The molecule has 11 nitrogen and oxygen atoms in total. The highest BCUT2D eigenvalue weighted by atomic mass is 32.2. The lowest BCUT2D eigenvalue weighted by Gasteiger charge is -2.38. The van der Waals surface area contributed by atoms with Gasteiger partial charge in [0.1, 0.15) is 0 Å². The van der Waals surface area contributed by atoms with Crippen molar-refractivity contribution in [2.75, 3.05) is 96.0 Å². The Morgan fingerprint density at radius 3 is 1.17 bits per heavy atom. The number of anilines is 4. The molecule has 6 rings (SSSR count). The fourth-order valence-electron chi connectivity index (χ4n) is 7.31. The number of piperazine rings is 2. The van der Waals surface area contributed by atoms with Crippen molar-refractivity contribution >= 4 is 72.0 Å². The standard InChI is InChI=1S/C43H48F8N6O5S4/c1-25(2)23-63-38-31(17-29(65(5,59)60)19-35(38)54-7-11-56(12-8-54)40-33(44)15-27(21-52-40)42(46,47)48)37(58)32-18-30(66(6,61)62)20-36(39(32)64-24-26(3)4)55-9-13-57(14-10-55)41-34(45)16-28(22-53-41)43(49,50)51/h15-22,25-26H,7-14,23-24H2,1-6H3. The number of nitrogens with zero attached hydrogens (tertiary/aromatic N) is 6. The molecule has 2 fully saturated rings. The monoisotopic (exact) mass is 1010 g/mol. The topological polar surface area (TPSA) is 124 Å². The van der Waals surface area contributed by atoms with Crippen LogP contribution in [0.25, 0.3) is 0 Å². The van der Waals surface area contributed by atoms with Crippen LogP contribution in [0.15, 0.2) is 68.4 Å². The van der Waals surface area contributed by atoms with Gasteiger partial charge < -0.3 is 19.6 Å². The molecule has 0 unspecified atom stereocenters. The number of halogens is 8. The Labute approximate surface area is 387 Å². The van der Waals surface area contributed by atoms with E-state index in [0.29, 0.717) is 57.2 Å². The number of hydrogen-bond acceptors (Lipinski definition) is 13. The summed E-state index contributed by atoms with van der Waals surface area (Å²) in [7, 11) is -8.01. The van der Waals surface area contributed by atoms with E-state index in [-0.39, 0.29) is 96.7 Å². The first kappa shape index (κ1) is 51.0. The van der Waals surface area contributed by atoms with E-state index in [1.54, 1.807) is 0 Å². The van der Waals surface area contributed by atoms with Crippen LogP contribution in [0.1, 0.15) is 54.7 Å². The number of carbonyl (C=O) groups is 1. The van der Waals surface area contributed by atoms with E-state index < -0.39 is 60.6 Å². The predicted octanol–water partition coefficient (Wildman–Crippen LogP) is 8.98. The molecule has 4 heterocycles. The Morgan fingerprint density at radius 2 is 0.894 bits per heavy atom. The summed E-state index contributed by atoms with van der Waals surface area (Å²) in [4.78, 5) is 29.9. The number of carbonyl (C=O) groups excluding carboxylic acids is 1. The summed E-state index contributed by atoms with van der Waals surface area (Å²) in [5.74, 6) is -2.47. The van der Waals surface area contributed by atoms with Gasteiger partial charge in [-0.3, -0.25) is 4.79 Å². The summed E-state index contributed by atoms with van der Waals surface area (Å²) in [6.07, 6.45) is -6.52. The highest BCUT2D eigenvalue weighted by Gasteiger charge is 2.36. The van der Waals surface area contributed by atoms with Gasteiger partial charge in [-0.05, 0) is 48.2 Å². The average Bonchev–Trinajstić information content (AvgIpc) is 3.23. The van der Waals surface area contributed by atoms with Crippen LogP contribution < -0.4 is 19.6 Å². The molecule has 0 radical (unpaired) electrons. The molecular formula is C43H48F8N6O5S4. The molecule has 4 aromatic rings. The molecule has 360 valence electrons. The van der Waals surface area contributed by atoms with Crippen molar-refractivity contribution < 1.29 is 56.8 Å². The summed E-state index contributed by atoms with van der Waals surface area (Å²) in [5.41, 5.74) is -1.79. The first-order chi connectivity index (χ1) is 30.6. The molecule has 0 N–H and O–H groups in total. The Balaban J connectivity index is 1.44. The second-order valence-corrected chi connectivity index (χ2v) is 23.0. The third-order valence-electron chi connectivity index (χ3n) is 10.7. The smallest absolute Gasteiger partial charge is 0.367 e. The lowest BCUT2D eigenvalue weighted by Crippen LogP contribution is -2.47. The van der Waals surface area contributed by atoms with Crippen LogP contribution in [0, 0.1) is 23.5 Å². The molecule has 0 bridgehead atoms. The van der Waals surface area contributed by atoms with E-state index in [2.05, 4.69) is 9.97 Å². The molecule has 2 aliphatic heterocycles. The average molecular weight is 1010 g/mol. The fraction of sp³-hybridized carbons (Fsp3) is 0.465. The molecule has 0 atom stereocenters.